The lowest BCUT2D eigenvalue weighted by Crippen LogP contribution is -2.25. The predicted octanol–water partition coefficient (Wildman–Crippen LogP) is 3.56. The molecule has 0 bridgehead atoms. The highest BCUT2D eigenvalue weighted by Crippen LogP contribution is 2.22. The van der Waals surface area contributed by atoms with Crippen molar-refractivity contribution >= 4 is 35.2 Å². The summed E-state index contributed by atoms with van der Waals surface area (Å²) in [6, 6.07) is 7.61. The van der Waals surface area contributed by atoms with Crippen molar-refractivity contribution in [1.82, 2.24) is 15.0 Å². The Morgan fingerprint density at radius 2 is 1.41 bits per heavy atom. The molecule has 2 aliphatic rings. The summed E-state index contributed by atoms with van der Waals surface area (Å²) in [6.07, 6.45) is 4.73. The number of aromatic nitrogens is 3. The highest BCUT2D eigenvalue weighted by Gasteiger charge is 2.21. The Bertz CT molecular complexity index is 775. The second-order valence-electron chi connectivity index (χ2n) is 6.96. The van der Waals surface area contributed by atoms with Gasteiger partial charge in [-0.05, 0) is 50.3 Å². The van der Waals surface area contributed by atoms with Gasteiger partial charge in [0.25, 0.3) is 0 Å². The van der Waals surface area contributed by atoms with Crippen molar-refractivity contribution in [3.05, 3.63) is 34.9 Å². The van der Waals surface area contributed by atoms with Crippen LogP contribution in [0.15, 0.2) is 29.4 Å². The molecule has 7 nitrogen and oxygen atoms in total. The molecule has 142 valence electrons. The van der Waals surface area contributed by atoms with E-state index in [0.717, 1.165) is 49.4 Å². The zero-order chi connectivity index (χ0) is 18.6. The average Bonchev–Trinajstić information content (AvgIpc) is 3.40. The number of benzene rings is 1. The fourth-order valence-electron chi connectivity index (χ4n) is 3.41. The lowest BCUT2D eigenvalue weighted by molar-refractivity contribution is 0.838. The third-order valence-electron chi connectivity index (χ3n) is 4.98. The topological polar surface area (TPSA) is 69.5 Å². The van der Waals surface area contributed by atoms with Crippen LogP contribution in [0.4, 0.5) is 17.8 Å². The van der Waals surface area contributed by atoms with Crippen LogP contribution in [0.3, 0.4) is 0 Å². The van der Waals surface area contributed by atoms with E-state index in [4.69, 9.17) is 16.6 Å². The molecule has 1 aromatic heterocycles. The second kappa shape index (κ2) is 8.08. The van der Waals surface area contributed by atoms with Crippen molar-refractivity contribution in [3.63, 3.8) is 0 Å². The van der Waals surface area contributed by atoms with Gasteiger partial charge in [0.2, 0.25) is 17.8 Å². The molecule has 2 saturated heterocycles. The maximum Gasteiger partial charge on any atom is 0.250 e. The van der Waals surface area contributed by atoms with E-state index in [1.807, 2.05) is 31.2 Å². The highest BCUT2D eigenvalue weighted by molar-refractivity contribution is 6.30. The van der Waals surface area contributed by atoms with E-state index in [1.54, 1.807) is 0 Å². The van der Waals surface area contributed by atoms with Gasteiger partial charge in [0, 0.05) is 31.2 Å². The maximum absolute atomic E-state index is 5.96. The summed E-state index contributed by atoms with van der Waals surface area (Å²) in [7, 11) is 0. The molecule has 0 aliphatic carbocycles. The molecule has 1 aromatic carbocycles. The van der Waals surface area contributed by atoms with Gasteiger partial charge in [-0.15, -0.1) is 0 Å². The molecule has 4 rings (SSSR count). The Balaban J connectivity index is 1.58. The Labute approximate surface area is 164 Å². The van der Waals surface area contributed by atoms with E-state index >= 15 is 0 Å². The lowest BCUT2D eigenvalue weighted by atomic mass is 10.1. The van der Waals surface area contributed by atoms with E-state index in [9.17, 15) is 0 Å². The van der Waals surface area contributed by atoms with Crippen molar-refractivity contribution < 1.29 is 0 Å². The number of rotatable bonds is 5. The van der Waals surface area contributed by atoms with Gasteiger partial charge in [-0.1, -0.05) is 23.7 Å². The highest BCUT2D eigenvalue weighted by atomic mass is 35.5. The van der Waals surface area contributed by atoms with E-state index < -0.39 is 0 Å². The standard InChI is InChI=1S/C19H24ClN7/c1-14(15-6-8-16(20)9-7-15)24-25-17-21-18(26-10-2-3-11-26)23-19(22-17)27-12-4-5-13-27/h6-9H,2-5,10-13H2,1H3,(H,21,22,23,25)/b24-14-. The van der Waals surface area contributed by atoms with Crippen LogP contribution in [0.1, 0.15) is 38.2 Å². The molecule has 0 saturated carbocycles. The summed E-state index contributed by atoms with van der Waals surface area (Å²) in [5.41, 5.74) is 4.87. The van der Waals surface area contributed by atoms with Gasteiger partial charge in [0.05, 0.1) is 5.71 Å². The summed E-state index contributed by atoms with van der Waals surface area (Å²) in [6.45, 7) is 5.93. The first-order chi connectivity index (χ1) is 13.2. The van der Waals surface area contributed by atoms with Crippen molar-refractivity contribution in [1.29, 1.82) is 0 Å². The van der Waals surface area contributed by atoms with Gasteiger partial charge < -0.3 is 9.80 Å². The summed E-state index contributed by atoms with van der Waals surface area (Å²) in [4.78, 5) is 18.4. The normalized spacial score (nSPS) is 17.6. The minimum absolute atomic E-state index is 0.488. The van der Waals surface area contributed by atoms with Crippen LogP contribution in [0, 0.1) is 0 Å². The minimum atomic E-state index is 0.488. The summed E-state index contributed by atoms with van der Waals surface area (Å²) in [5.74, 6) is 1.97. The van der Waals surface area contributed by atoms with Gasteiger partial charge in [0.15, 0.2) is 0 Å². The fraction of sp³-hybridized carbons (Fsp3) is 0.474. The van der Waals surface area contributed by atoms with Crippen molar-refractivity contribution in [2.24, 2.45) is 5.10 Å². The number of anilines is 3. The Morgan fingerprint density at radius 1 is 0.889 bits per heavy atom. The number of hydrogen-bond acceptors (Lipinski definition) is 7. The quantitative estimate of drug-likeness (QED) is 0.626. The average molecular weight is 386 g/mol. The molecule has 3 heterocycles. The molecule has 27 heavy (non-hydrogen) atoms. The Hall–Kier alpha value is -2.41. The minimum Gasteiger partial charge on any atom is -0.341 e. The van der Waals surface area contributed by atoms with Crippen LogP contribution in [0.2, 0.25) is 5.02 Å². The van der Waals surface area contributed by atoms with Gasteiger partial charge in [-0.2, -0.15) is 20.1 Å². The van der Waals surface area contributed by atoms with Crippen LogP contribution >= 0.6 is 11.6 Å². The number of hydrazone groups is 1. The zero-order valence-electron chi connectivity index (χ0n) is 15.5. The van der Waals surface area contributed by atoms with E-state index in [0.29, 0.717) is 11.0 Å². The van der Waals surface area contributed by atoms with Gasteiger partial charge in [0.1, 0.15) is 0 Å². The monoisotopic (exact) mass is 385 g/mol. The molecular formula is C19H24ClN7. The molecule has 2 fully saturated rings. The number of hydrogen-bond donors (Lipinski definition) is 1. The third kappa shape index (κ3) is 4.30. The smallest absolute Gasteiger partial charge is 0.250 e. The van der Waals surface area contributed by atoms with Crippen molar-refractivity contribution in [2.45, 2.75) is 32.6 Å². The van der Waals surface area contributed by atoms with Crippen LogP contribution < -0.4 is 15.2 Å². The van der Waals surface area contributed by atoms with E-state index in [-0.39, 0.29) is 0 Å². The number of nitrogens with zero attached hydrogens (tertiary/aromatic N) is 6. The molecule has 0 amide bonds. The van der Waals surface area contributed by atoms with Gasteiger partial charge >= 0.3 is 0 Å². The molecule has 1 N–H and O–H groups in total. The fourth-order valence-corrected chi connectivity index (χ4v) is 3.54. The molecule has 8 heteroatoms. The summed E-state index contributed by atoms with van der Waals surface area (Å²) < 4.78 is 0. The molecule has 2 aliphatic heterocycles. The number of halogens is 1. The SMILES string of the molecule is C/C(=N/Nc1nc(N2CCCC2)nc(N2CCCC2)n1)c1ccc(Cl)cc1. The van der Waals surface area contributed by atoms with Crippen molar-refractivity contribution in [3.8, 4) is 0 Å². The summed E-state index contributed by atoms with van der Waals surface area (Å²) >= 11 is 5.96. The van der Waals surface area contributed by atoms with E-state index in [2.05, 4.69) is 30.3 Å². The first-order valence-corrected chi connectivity index (χ1v) is 9.89. The molecule has 0 unspecified atom stereocenters. The van der Waals surface area contributed by atoms with Crippen LogP contribution in [0.5, 0.6) is 0 Å². The largest absolute Gasteiger partial charge is 0.341 e. The van der Waals surface area contributed by atoms with Crippen LogP contribution in [-0.4, -0.2) is 46.8 Å². The molecule has 0 atom stereocenters. The second-order valence-corrected chi connectivity index (χ2v) is 7.40. The lowest BCUT2D eigenvalue weighted by Gasteiger charge is -2.20. The molecular weight excluding hydrogens is 362 g/mol. The predicted molar refractivity (Wildman–Crippen MR) is 110 cm³/mol. The van der Waals surface area contributed by atoms with Gasteiger partial charge in [-0.3, -0.25) is 0 Å². The molecule has 0 radical (unpaired) electrons. The van der Waals surface area contributed by atoms with Crippen molar-refractivity contribution in [2.75, 3.05) is 41.4 Å². The Kier molecular flexibility index (Phi) is 5.38. The van der Waals surface area contributed by atoms with Crippen LogP contribution in [-0.2, 0) is 0 Å². The van der Waals surface area contributed by atoms with Gasteiger partial charge in [-0.25, -0.2) is 5.43 Å². The first-order valence-electron chi connectivity index (χ1n) is 9.51. The van der Waals surface area contributed by atoms with E-state index in [1.165, 1.54) is 25.7 Å². The van der Waals surface area contributed by atoms with Crippen LogP contribution in [0.25, 0.3) is 0 Å². The zero-order valence-corrected chi connectivity index (χ0v) is 16.3. The first kappa shape index (κ1) is 18.0. The maximum atomic E-state index is 5.96. The molecule has 0 spiro atoms. The summed E-state index contributed by atoms with van der Waals surface area (Å²) in [5, 5.41) is 5.17. The number of nitrogens with one attached hydrogen (secondary N) is 1. The Morgan fingerprint density at radius 3 is 1.93 bits per heavy atom. The molecule has 2 aromatic rings. The third-order valence-corrected chi connectivity index (χ3v) is 5.23.